The summed E-state index contributed by atoms with van der Waals surface area (Å²) in [5.41, 5.74) is 6.16. The second-order valence-electron chi connectivity index (χ2n) is 4.49. The quantitative estimate of drug-likeness (QED) is 0.830. The van der Waals surface area contributed by atoms with Gasteiger partial charge in [-0.2, -0.15) is 0 Å². The first-order valence-corrected chi connectivity index (χ1v) is 5.78. The van der Waals surface area contributed by atoms with E-state index in [9.17, 15) is 0 Å². The fourth-order valence-corrected chi connectivity index (χ4v) is 1.92. The van der Waals surface area contributed by atoms with E-state index in [-0.39, 0.29) is 5.54 Å². The SMILES string of the molecule is COc1ccc(OCCC2(N)CCC2)cc1. The number of hydrogen-bond acceptors (Lipinski definition) is 3. The van der Waals surface area contributed by atoms with Crippen molar-refractivity contribution in [3.63, 3.8) is 0 Å². The molecule has 1 saturated carbocycles. The molecule has 0 atom stereocenters. The van der Waals surface area contributed by atoms with Gasteiger partial charge in [-0.15, -0.1) is 0 Å². The molecule has 0 unspecified atom stereocenters. The van der Waals surface area contributed by atoms with Gasteiger partial charge in [-0.25, -0.2) is 0 Å². The van der Waals surface area contributed by atoms with Crippen molar-refractivity contribution in [2.45, 2.75) is 31.2 Å². The highest BCUT2D eigenvalue weighted by Crippen LogP contribution is 2.32. The van der Waals surface area contributed by atoms with Crippen molar-refractivity contribution in [1.29, 1.82) is 0 Å². The minimum Gasteiger partial charge on any atom is -0.497 e. The third kappa shape index (κ3) is 2.67. The van der Waals surface area contributed by atoms with Crippen LogP contribution in [0.15, 0.2) is 24.3 Å². The van der Waals surface area contributed by atoms with Gasteiger partial charge in [0.25, 0.3) is 0 Å². The monoisotopic (exact) mass is 221 g/mol. The molecule has 16 heavy (non-hydrogen) atoms. The Morgan fingerprint density at radius 3 is 2.31 bits per heavy atom. The largest absolute Gasteiger partial charge is 0.497 e. The van der Waals surface area contributed by atoms with E-state index in [1.54, 1.807) is 7.11 Å². The van der Waals surface area contributed by atoms with Crippen LogP contribution in [0, 0.1) is 0 Å². The van der Waals surface area contributed by atoms with Gasteiger partial charge in [-0.3, -0.25) is 0 Å². The van der Waals surface area contributed by atoms with Crippen LogP contribution < -0.4 is 15.2 Å². The molecule has 1 aliphatic carbocycles. The molecule has 88 valence electrons. The molecular weight excluding hydrogens is 202 g/mol. The third-order valence-corrected chi connectivity index (χ3v) is 3.28. The van der Waals surface area contributed by atoms with Gasteiger partial charge in [0.1, 0.15) is 11.5 Å². The summed E-state index contributed by atoms with van der Waals surface area (Å²) in [6.45, 7) is 0.697. The Labute approximate surface area is 96.5 Å². The van der Waals surface area contributed by atoms with Crippen LogP contribution in [0.1, 0.15) is 25.7 Å². The van der Waals surface area contributed by atoms with E-state index in [1.165, 1.54) is 6.42 Å². The predicted octanol–water partition coefficient (Wildman–Crippen LogP) is 2.35. The van der Waals surface area contributed by atoms with E-state index in [0.717, 1.165) is 30.8 Å². The van der Waals surface area contributed by atoms with Crippen LogP contribution in [-0.4, -0.2) is 19.3 Å². The highest BCUT2D eigenvalue weighted by Gasteiger charge is 2.31. The molecule has 0 bridgehead atoms. The van der Waals surface area contributed by atoms with Crippen molar-refractivity contribution >= 4 is 0 Å². The van der Waals surface area contributed by atoms with Crippen LogP contribution in [0.4, 0.5) is 0 Å². The number of ether oxygens (including phenoxy) is 2. The number of rotatable bonds is 5. The second-order valence-corrected chi connectivity index (χ2v) is 4.49. The van der Waals surface area contributed by atoms with Gasteiger partial charge < -0.3 is 15.2 Å². The van der Waals surface area contributed by atoms with Gasteiger partial charge in [-0.1, -0.05) is 0 Å². The molecule has 1 aliphatic rings. The maximum absolute atomic E-state index is 6.11. The number of methoxy groups -OCH3 is 1. The normalized spacial score (nSPS) is 17.6. The Bertz CT molecular complexity index is 330. The lowest BCUT2D eigenvalue weighted by Crippen LogP contribution is -2.47. The Balaban J connectivity index is 1.76. The van der Waals surface area contributed by atoms with E-state index in [2.05, 4.69) is 0 Å². The lowest BCUT2D eigenvalue weighted by molar-refractivity contribution is 0.183. The smallest absolute Gasteiger partial charge is 0.119 e. The number of benzene rings is 1. The van der Waals surface area contributed by atoms with E-state index >= 15 is 0 Å². The zero-order chi connectivity index (χ0) is 11.4. The summed E-state index contributed by atoms with van der Waals surface area (Å²) in [6, 6.07) is 7.64. The van der Waals surface area contributed by atoms with Crippen LogP contribution in [-0.2, 0) is 0 Å². The molecule has 3 heteroatoms. The Hall–Kier alpha value is -1.22. The summed E-state index contributed by atoms with van der Waals surface area (Å²) < 4.78 is 10.7. The summed E-state index contributed by atoms with van der Waals surface area (Å²) in [4.78, 5) is 0. The van der Waals surface area contributed by atoms with Crippen molar-refractivity contribution in [2.75, 3.05) is 13.7 Å². The molecule has 2 rings (SSSR count). The summed E-state index contributed by atoms with van der Waals surface area (Å²) in [7, 11) is 1.66. The van der Waals surface area contributed by atoms with Crippen LogP contribution in [0.5, 0.6) is 11.5 Å². The molecule has 0 spiro atoms. The topological polar surface area (TPSA) is 44.5 Å². The van der Waals surface area contributed by atoms with Gasteiger partial charge in [0.15, 0.2) is 0 Å². The van der Waals surface area contributed by atoms with Gasteiger partial charge >= 0.3 is 0 Å². The standard InChI is InChI=1S/C13H19NO2/c1-15-11-3-5-12(6-4-11)16-10-9-13(14)7-2-8-13/h3-6H,2,7-10,14H2,1H3. The fraction of sp³-hybridized carbons (Fsp3) is 0.538. The highest BCUT2D eigenvalue weighted by molar-refractivity contribution is 5.31. The van der Waals surface area contributed by atoms with Crippen LogP contribution in [0.3, 0.4) is 0 Å². The highest BCUT2D eigenvalue weighted by atomic mass is 16.5. The zero-order valence-electron chi connectivity index (χ0n) is 9.74. The lowest BCUT2D eigenvalue weighted by Gasteiger charge is -2.37. The van der Waals surface area contributed by atoms with Gasteiger partial charge in [0.2, 0.25) is 0 Å². The van der Waals surface area contributed by atoms with Gasteiger partial charge in [0, 0.05) is 5.54 Å². The van der Waals surface area contributed by atoms with Crippen molar-refractivity contribution in [3.05, 3.63) is 24.3 Å². The zero-order valence-corrected chi connectivity index (χ0v) is 9.74. The Kier molecular flexibility index (Phi) is 3.34. The average Bonchev–Trinajstić information content (AvgIpc) is 2.28. The molecule has 0 aromatic heterocycles. The first kappa shape index (κ1) is 11.3. The van der Waals surface area contributed by atoms with Gasteiger partial charge in [-0.05, 0) is 49.9 Å². The summed E-state index contributed by atoms with van der Waals surface area (Å²) in [5, 5.41) is 0. The summed E-state index contributed by atoms with van der Waals surface area (Å²) >= 11 is 0. The van der Waals surface area contributed by atoms with Gasteiger partial charge in [0.05, 0.1) is 13.7 Å². The van der Waals surface area contributed by atoms with Crippen molar-refractivity contribution in [1.82, 2.24) is 0 Å². The van der Waals surface area contributed by atoms with Crippen LogP contribution >= 0.6 is 0 Å². The minimum atomic E-state index is 0.0481. The lowest BCUT2D eigenvalue weighted by atomic mass is 9.76. The first-order chi connectivity index (χ1) is 7.72. The van der Waals surface area contributed by atoms with Crippen LogP contribution in [0.25, 0.3) is 0 Å². The Morgan fingerprint density at radius 1 is 1.19 bits per heavy atom. The fourth-order valence-electron chi connectivity index (χ4n) is 1.92. The van der Waals surface area contributed by atoms with E-state index < -0.39 is 0 Å². The predicted molar refractivity (Wildman–Crippen MR) is 63.9 cm³/mol. The van der Waals surface area contributed by atoms with Crippen molar-refractivity contribution < 1.29 is 9.47 Å². The molecule has 3 nitrogen and oxygen atoms in total. The van der Waals surface area contributed by atoms with Crippen molar-refractivity contribution in [3.8, 4) is 11.5 Å². The van der Waals surface area contributed by atoms with E-state index in [4.69, 9.17) is 15.2 Å². The number of hydrogen-bond donors (Lipinski definition) is 1. The number of nitrogens with two attached hydrogens (primary N) is 1. The van der Waals surface area contributed by atoms with Crippen LogP contribution in [0.2, 0.25) is 0 Å². The molecule has 1 aromatic carbocycles. The van der Waals surface area contributed by atoms with E-state index in [0.29, 0.717) is 6.61 Å². The molecular formula is C13H19NO2. The van der Waals surface area contributed by atoms with Crippen molar-refractivity contribution in [2.24, 2.45) is 5.73 Å². The third-order valence-electron chi connectivity index (χ3n) is 3.28. The molecule has 0 radical (unpaired) electrons. The summed E-state index contributed by atoms with van der Waals surface area (Å²) in [5.74, 6) is 1.73. The molecule has 0 amide bonds. The molecule has 1 aromatic rings. The minimum absolute atomic E-state index is 0.0481. The molecule has 0 heterocycles. The maximum Gasteiger partial charge on any atom is 0.119 e. The molecule has 1 fully saturated rings. The van der Waals surface area contributed by atoms with E-state index in [1.807, 2.05) is 24.3 Å². The molecule has 0 aliphatic heterocycles. The second kappa shape index (κ2) is 4.74. The average molecular weight is 221 g/mol. The Morgan fingerprint density at radius 2 is 1.81 bits per heavy atom. The summed E-state index contributed by atoms with van der Waals surface area (Å²) in [6.07, 6.45) is 4.48. The first-order valence-electron chi connectivity index (χ1n) is 5.78. The molecule has 2 N–H and O–H groups in total. The maximum atomic E-state index is 6.11. The molecule has 0 saturated heterocycles.